The lowest BCUT2D eigenvalue weighted by atomic mass is 10.0. The zero-order chi connectivity index (χ0) is 22.9. The summed E-state index contributed by atoms with van der Waals surface area (Å²) in [5, 5.41) is 11.4. The molecule has 3 aromatic heterocycles. The van der Waals surface area contributed by atoms with Crippen molar-refractivity contribution < 1.29 is 9.68 Å². The molecule has 0 spiro atoms. The van der Waals surface area contributed by atoms with Crippen LogP contribution in [0.2, 0.25) is 0 Å². The lowest BCUT2D eigenvalue weighted by Gasteiger charge is -2.13. The molecule has 0 fully saturated rings. The predicted octanol–water partition coefficient (Wildman–Crippen LogP) is 5.55. The lowest BCUT2D eigenvalue weighted by molar-refractivity contribution is 0.454. The third kappa shape index (κ3) is 3.50. The average molecular weight is 441 g/mol. The van der Waals surface area contributed by atoms with Gasteiger partial charge in [-0.05, 0) is 66.7 Å². The van der Waals surface area contributed by atoms with E-state index in [1.807, 2.05) is 79.1 Å². The summed E-state index contributed by atoms with van der Waals surface area (Å²) >= 11 is 0. The summed E-state index contributed by atoms with van der Waals surface area (Å²) in [6.45, 7) is 0. The van der Waals surface area contributed by atoms with Gasteiger partial charge in [-0.15, -0.1) is 0 Å². The molecular weight excluding hydrogens is 421 g/mol. The quantitative estimate of drug-likeness (QED) is 0.357. The van der Waals surface area contributed by atoms with E-state index in [1.54, 1.807) is 0 Å². The first kappa shape index (κ1) is 20.2. The van der Waals surface area contributed by atoms with Gasteiger partial charge in [0, 0.05) is 40.0 Å². The third-order valence-corrected chi connectivity index (χ3v) is 5.97. The molecule has 0 amide bonds. The molecule has 6 heteroatoms. The van der Waals surface area contributed by atoms with Crippen LogP contribution in [0.5, 0.6) is 5.75 Å². The molecule has 0 bridgehead atoms. The van der Waals surface area contributed by atoms with Gasteiger partial charge in [0.05, 0.1) is 22.4 Å². The van der Waals surface area contributed by atoms with E-state index < -0.39 is 0 Å². The fourth-order valence-corrected chi connectivity index (χ4v) is 4.50. The summed E-state index contributed by atoms with van der Waals surface area (Å²) in [6.07, 6.45) is 3.62. The van der Waals surface area contributed by atoms with Gasteiger partial charge in [-0.25, -0.2) is 0 Å². The molecule has 0 radical (unpaired) electrons. The summed E-state index contributed by atoms with van der Waals surface area (Å²) in [7, 11) is -0.357. The average Bonchev–Trinajstić information content (AvgIpc) is 3.23. The van der Waals surface area contributed by atoms with Gasteiger partial charge >= 0.3 is 7.69 Å². The van der Waals surface area contributed by atoms with Crippen molar-refractivity contribution in [1.29, 1.82) is 0 Å². The van der Waals surface area contributed by atoms with E-state index in [2.05, 4.69) is 44.9 Å². The van der Waals surface area contributed by atoms with Crippen molar-refractivity contribution in [1.82, 2.24) is 14.5 Å². The highest BCUT2D eigenvalue weighted by atomic mass is 16.5. The molecule has 0 saturated carbocycles. The summed E-state index contributed by atoms with van der Waals surface area (Å²) in [5.41, 5.74) is 7.00. The summed E-state index contributed by atoms with van der Waals surface area (Å²) in [5.74, 6) is 0.634. The third-order valence-electron chi connectivity index (χ3n) is 5.97. The molecule has 3 heterocycles. The summed E-state index contributed by atoms with van der Waals surface area (Å²) in [6, 6.07) is 32.6. The second-order valence-corrected chi connectivity index (χ2v) is 8.00. The smallest absolute Gasteiger partial charge is 0.504 e. The van der Waals surface area contributed by atoms with E-state index in [0.29, 0.717) is 5.75 Å². The minimum absolute atomic E-state index is 0.357. The maximum absolute atomic E-state index is 9.23. The van der Waals surface area contributed by atoms with Crippen LogP contribution in [0.25, 0.3) is 50.0 Å². The van der Waals surface area contributed by atoms with E-state index in [-0.39, 0.29) is 7.69 Å². The van der Waals surface area contributed by atoms with Gasteiger partial charge < -0.3 is 14.2 Å². The predicted molar refractivity (Wildman–Crippen MR) is 137 cm³/mol. The number of benzene rings is 3. The maximum atomic E-state index is 9.23. The van der Waals surface area contributed by atoms with Crippen molar-refractivity contribution in [2.45, 2.75) is 0 Å². The van der Waals surface area contributed by atoms with Gasteiger partial charge in [0.2, 0.25) is 0 Å². The highest BCUT2D eigenvalue weighted by Gasteiger charge is 2.15. The Balaban J connectivity index is 1.66. The zero-order valence-electron chi connectivity index (χ0n) is 18.3. The van der Waals surface area contributed by atoms with Crippen LogP contribution in [0.3, 0.4) is 0 Å². The molecule has 0 unspecified atom stereocenters. The Labute approximate surface area is 197 Å². The summed E-state index contributed by atoms with van der Waals surface area (Å²) < 4.78 is 7.62. The Hall–Kier alpha value is -4.42. The van der Waals surface area contributed by atoms with Crippen LogP contribution in [0.15, 0.2) is 109 Å². The number of hydrogen-bond acceptors (Lipinski definition) is 4. The molecule has 6 aromatic rings. The molecule has 0 aliphatic carbocycles. The molecule has 3 aromatic carbocycles. The Morgan fingerprint density at radius 2 is 1.29 bits per heavy atom. The lowest BCUT2D eigenvalue weighted by Crippen LogP contribution is -1.99. The van der Waals surface area contributed by atoms with Crippen molar-refractivity contribution >= 4 is 29.5 Å². The van der Waals surface area contributed by atoms with Crippen molar-refractivity contribution in [2.24, 2.45) is 0 Å². The van der Waals surface area contributed by atoms with Crippen molar-refractivity contribution in [3.63, 3.8) is 0 Å². The molecule has 0 atom stereocenters. The van der Waals surface area contributed by atoms with Crippen LogP contribution >= 0.6 is 0 Å². The van der Waals surface area contributed by atoms with E-state index >= 15 is 0 Å². The van der Waals surface area contributed by atoms with Gasteiger partial charge in [-0.2, -0.15) is 0 Å². The molecule has 162 valence electrons. The topological polar surface area (TPSA) is 60.2 Å². The zero-order valence-corrected chi connectivity index (χ0v) is 18.3. The van der Waals surface area contributed by atoms with Crippen LogP contribution in [0.1, 0.15) is 0 Å². The highest BCUT2D eigenvalue weighted by molar-refractivity contribution is 6.17. The molecule has 0 aliphatic heterocycles. The first-order valence-corrected chi connectivity index (χ1v) is 11.1. The van der Waals surface area contributed by atoms with E-state index in [4.69, 9.17) is 4.65 Å². The van der Waals surface area contributed by atoms with Crippen molar-refractivity contribution in [2.75, 3.05) is 0 Å². The SMILES string of the molecule is OBOc1ccc2c(c1)c1ccccc1n2-c1cc(-c2ccccn2)cc(-c2ccccn2)c1. The van der Waals surface area contributed by atoms with Crippen LogP contribution < -0.4 is 4.65 Å². The standard InChI is InChI=1S/C28H20BN3O2/c33-29-34-22-11-12-28-24(18-22)23-7-1-2-10-27(23)32(28)21-16-19(25-8-3-5-13-30-25)15-20(17-21)26-9-4-6-14-31-26/h1-18,29,33H. The van der Waals surface area contributed by atoms with Gasteiger partial charge in [0.1, 0.15) is 5.75 Å². The molecule has 5 nitrogen and oxygen atoms in total. The van der Waals surface area contributed by atoms with Gasteiger partial charge in [0.25, 0.3) is 0 Å². The normalized spacial score (nSPS) is 11.1. The Bertz CT molecular complexity index is 1560. The second-order valence-electron chi connectivity index (χ2n) is 8.00. The number of nitrogens with zero attached hydrogens (tertiary/aromatic N) is 3. The van der Waals surface area contributed by atoms with Crippen molar-refractivity contribution in [3.05, 3.63) is 109 Å². The highest BCUT2D eigenvalue weighted by Crippen LogP contribution is 2.36. The first-order chi connectivity index (χ1) is 16.8. The minimum atomic E-state index is -0.357. The number of para-hydroxylation sites is 1. The summed E-state index contributed by atoms with van der Waals surface area (Å²) in [4.78, 5) is 9.19. The molecule has 34 heavy (non-hydrogen) atoms. The number of hydrogen-bond donors (Lipinski definition) is 1. The van der Waals surface area contributed by atoms with Gasteiger partial charge in [0.15, 0.2) is 0 Å². The number of fused-ring (bicyclic) bond motifs is 3. The van der Waals surface area contributed by atoms with Crippen LogP contribution in [-0.2, 0) is 0 Å². The molecule has 1 N–H and O–H groups in total. The largest absolute Gasteiger partial charge is 0.539 e. The Morgan fingerprint density at radius 1 is 0.647 bits per heavy atom. The second kappa shape index (κ2) is 8.50. The first-order valence-electron chi connectivity index (χ1n) is 11.1. The van der Waals surface area contributed by atoms with Crippen molar-refractivity contribution in [3.8, 4) is 34.0 Å². The molecular formula is C28H20BN3O2. The fourth-order valence-electron chi connectivity index (χ4n) is 4.50. The molecule has 0 aliphatic rings. The van der Waals surface area contributed by atoms with E-state index in [9.17, 15) is 5.02 Å². The van der Waals surface area contributed by atoms with Crippen LogP contribution in [0, 0.1) is 0 Å². The fraction of sp³-hybridized carbons (Fsp3) is 0. The van der Waals surface area contributed by atoms with Crippen LogP contribution in [-0.4, -0.2) is 27.2 Å². The molecule has 6 rings (SSSR count). The van der Waals surface area contributed by atoms with Gasteiger partial charge in [-0.3, -0.25) is 9.97 Å². The maximum Gasteiger partial charge on any atom is 0.504 e. The Kier molecular flexibility index (Phi) is 5.05. The number of aromatic nitrogens is 3. The van der Waals surface area contributed by atoms with Gasteiger partial charge in [-0.1, -0.05) is 30.3 Å². The number of pyridine rings is 2. The monoisotopic (exact) mass is 441 g/mol. The molecule has 0 saturated heterocycles. The minimum Gasteiger partial charge on any atom is -0.539 e. The van der Waals surface area contributed by atoms with E-state index in [1.165, 1.54) is 0 Å². The van der Waals surface area contributed by atoms with E-state index in [0.717, 1.165) is 50.0 Å². The Morgan fingerprint density at radius 3 is 1.94 bits per heavy atom. The van der Waals surface area contributed by atoms with Crippen LogP contribution in [0.4, 0.5) is 0 Å². The number of rotatable bonds is 5.